The van der Waals surface area contributed by atoms with E-state index in [0.29, 0.717) is 25.3 Å². The SMILES string of the molecule is CCCC(F)C1CCC[Si](O)(O)O1. The molecule has 0 bridgehead atoms. The zero-order valence-corrected chi connectivity index (χ0v) is 8.87. The molecule has 0 aromatic carbocycles. The van der Waals surface area contributed by atoms with E-state index in [0.717, 1.165) is 6.42 Å². The van der Waals surface area contributed by atoms with Gasteiger partial charge in [-0.2, -0.15) is 0 Å². The maximum absolute atomic E-state index is 13.3. The summed E-state index contributed by atoms with van der Waals surface area (Å²) in [5.74, 6) is 0. The predicted molar refractivity (Wildman–Crippen MR) is 48.9 cm³/mol. The van der Waals surface area contributed by atoms with Crippen LogP contribution in [0.4, 0.5) is 4.39 Å². The molecular formula is C8H17FO3Si. The van der Waals surface area contributed by atoms with E-state index in [4.69, 9.17) is 4.43 Å². The molecule has 5 heteroatoms. The summed E-state index contributed by atoms with van der Waals surface area (Å²) in [7, 11) is -3.49. The van der Waals surface area contributed by atoms with E-state index in [1.807, 2.05) is 6.92 Å². The van der Waals surface area contributed by atoms with Crippen molar-refractivity contribution in [3.05, 3.63) is 0 Å². The van der Waals surface area contributed by atoms with Crippen LogP contribution in [-0.2, 0) is 4.43 Å². The molecule has 0 aromatic heterocycles. The molecule has 1 heterocycles. The first-order valence-electron chi connectivity index (χ1n) is 4.82. The third-order valence-electron chi connectivity index (χ3n) is 2.30. The van der Waals surface area contributed by atoms with Gasteiger partial charge in [-0.15, -0.1) is 0 Å². The van der Waals surface area contributed by atoms with E-state index in [1.54, 1.807) is 0 Å². The van der Waals surface area contributed by atoms with Gasteiger partial charge < -0.3 is 14.0 Å². The lowest BCUT2D eigenvalue weighted by molar-refractivity contribution is 0.00977. The minimum absolute atomic E-state index is 0.308. The maximum atomic E-state index is 13.3. The maximum Gasteiger partial charge on any atom is 0.495 e. The van der Waals surface area contributed by atoms with Crippen molar-refractivity contribution >= 4 is 8.80 Å². The summed E-state index contributed by atoms with van der Waals surface area (Å²) in [6.07, 6.45) is 0.832. The molecule has 78 valence electrons. The van der Waals surface area contributed by atoms with Crippen LogP contribution in [-0.4, -0.2) is 30.7 Å². The summed E-state index contributed by atoms with van der Waals surface area (Å²) < 4.78 is 18.3. The summed E-state index contributed by atoms with van der Waals surface area (Å²) in [6.45, 7) is 1.90. The predicted octanol–water partition coefficient (Wildman–Crippen LogP) is 1.23. The molecule has 2 unspecified atom stereocenters. The van der Waals surface area contributed by atoms with Gasteiger partial charge in [-0.25, -0.2) is 4.39 Å². The van der Waals surface area contributed by atoms with E-state index < -0.39 is 21.1 Å². The highest BCUT2D eigenvalue weighted by Gasteiger charge is 2.41. The van der Waals surface area contributed by atoms with Gasteiger partial charge in [0.05, 0.1) is 6.10 Å². The first kappa shape index (κ1) is 11.1. The summed E-state index contributed by atoms with van der Waals surface area (Å²) in [6, 6.07) is 0.308. The van der Waals surface area contributed by atoms with Gasteiger partial charge in [0.25, 0.3) is 0 Å². The lowest BCUT2D eigenvalue weighted by atomic mass is 10.1. The van der Waals surface area contributed by atoms with E-state index in [9.17, 15) is 14.0 Å². The highest BCUT2D eigenvalue weighted by Crippen LogP contribution is 2.26. The lowest BCUT2D eigenvalue weighted by Gasteiger charge is -2.32. The largest absolute Gasteiger partial charge is 0.495 e. The molecule has 13 heavy (non-hydrogen) atoms. The van der Waals surface area contributed by atoms with Crippen molar-refractivity contribution in [2.45, 2.75) is 50.9 Å². The Bertz CT molecular complexity index is 165. The van der Waals surface area contributed by atoms with Crippen molar-refractivity contribution in [2.24, 2.45) is 0 Å². The molecule has 0 amide bonds. The zero-order chi connectivity index (χ0) is 9.90. The molecule has 1 rings (SSSR count). The molecule has 0 aromatic rings. The van der Waals surface area contributed by atoms with Gasteiger partial charge in [-0.1, -0.05) is 13.3 Å². The summed E-state index contributed by atoms with van der Waals surface area (Å²) in [5, 5.41) is 0. The molecule has 2 atom stereocenters. The minimum Gasteiger partial charge on any atom is -0.390 e. The van der Waals surface area contributed by atoms with Crippen molar-refractivity contribution in [1.82, 2.24) is 0 Å². The molecule has 1 fully saturated rings. The fraction of sp³-hybridized carbons (Fsp3) is 1.00. The van der Waals surface area contributed by atoms with Crippen LogP contribution in [0.1, 0.15) is 32.6 Å². The second kappa shape index (κ2) is 4.50. The van der Waals surface area contributed by atoms with E-state index >= 15 is 0 Å². The molecule has 0 saturated carbocycles. The van der Waals surface area contributed by atoms with Crippen molar-refractivity contribution in [3.8, 4) is 0 Å². The Morgan fingerprint density at radius 1 is 1.62 bits per heavy atom. The number of rotatable bonds is 3. The Morgan fingerprint density at radius 2 is 2.31 bits per heavy atom. The van der Waals surface area contributed by atoms with Gasteiger partial charge in [0, 0.05) is 6.04 Å². The number of alkyl halides is 1. The fourth-order valence-corrected chi connectivity index (χ4v) is 3.14. The normalized spacial score (nSPS) is 30.0. The summed E-state index contributed by atoms with van der Waals surface area (Å²) in [4.78, 5) is 18.5. The van der Waals surface area contributed by atoms with Crippen LogP contribution in [0.5, 0.6) is 0 Å². The average Bonchev–Trinajstić information content (AvgIpc) is 2.03. The molecule has 0 radical (unpaired) electrons. The third kappa shape index (κ3) is 3.34. The van der Waals surface area contributed by atoms with Crippen LogP contribution in [0.3, 0.4) is 0 Å². The molecule has 0 aliphatic carbocycles. The van der Waals surface area contributed by atoms with Gasteiger partial charge in [0.2, 0.25) is 0 Å². The van der Waals surface area contributed by atoms with E-state index in [-0.39, 0.29) is 0 Å². The summed E-state index contributed by atoms with van der Waals surface area (Å²) >= 11 is 0. The standard InChI is InChI=1S/C8H17FO3Si/c1-2-4-7(9)8-5-3-6-13(10,11)12-8/h7-8,10-11H,2-6H2,1H3. The van der Waals surface area contributed by atoms with Crippen LogP contribution in [0.15, 0.2) is 0 Å². The monoisotopic (exact) mass is 208 g/mol. The van der Waals surface area contributed by atoms with Crippen LogP contribution < -0.4 is 0 Å². The Labute approximate surface area is 78.9 Å². The first-order chi connectivity index (χ1) is 6.05. The quantitative estimate of drug-likeness (QED) is 0.686. The summed E-state index contributed by atoms with van der Waals surface area (Å²) in [5.41, 5.74) is 0. The van der Waals surface area contributed by atoms with E-state index in [2.05, 4.69) is 0 Å². The Balaban J connectivity index is 2.42. The minimum atomic E-state index is -3.49. The smallest absolute Gasteiger partial charge is 0.390 e. The molecule has 3 nitrogen and oxygen atoms in total. The van der Waals surface area contributed by atoms with Crippen LogP contribution in [0, 0.1) is 0 Å². The second-order valence-electron chi connectivity index (χ2n) is 3.60. The van der Waals surface area contributed by atoms with E-state index in [1.165, 1.54) is 0 Å². The fourth-order valence-electron chi connectivity index (χ4n) is 1.61. The topological polar surface area (TPSA) is 49.7 Å². The molecule has 1 saturated heterocycles. The Hall–Kier alpha value is 0.0269. The number of hydrogen-bond donors (Lipinski definition) is 2. The van der Waals surface area contributed by atoms with Crippen LogP contribution in [0.25, 0.3) is 0 Å². The van der Waals surface area contributed by atoms with Crippen molar-refractivity contribution in [2.75, 3.05) is 0 Å². The Kier molecular flexibility index (Phi) is 3.84. The third-order valence-corrected chi connectivity index (χ3v) is 3.98. The highest BCUT2D eigenvalue weighted by molar-refractivity contribution is 6.57. The highest BCUT2D eigenvalue weighted by atomic mass is 28.4. The lowest BCUT2D eigenvalue weighted by Crippen LogP contribution is -2.48. The average molecular weight is 208 g/mol. The molecule has 2 N–H and O–H groups in total. The molecule has 1 aliphatic rings. The Morgan fingerprint density at radius 3 is 2.85 bits per heavy atom. The van der Waals surface area contributed by atoms with Crippen molar-refractivity contribution in [3.63, 3.8) is 0 Å². The number of halogens is 1. The van der Waals surface area contributed by atoms with Crippen molar-refractivity contribution in [1.29, 1.82) is 0 Å². The first-order valence-corrected chi connectivity index (χ1v) is 6.83. The van der Waals surface area contributed by atoms with Gasteiger partial charge in [0.15, 0.2) is 0 Å². The zero-order valence-electron chi connectivity index (χ0n) is 7.87. The number of hydrogen-bond acceptors (Lipinski definition) is 3. The van der Waals surface area contributed by atoms with Gasteiger partial charge in [0.1, 0.15) is 6.17 Å². The van der Waals surface area contributed by atoms with Crippen LogP contribution in [0.2, 0.25) is 6.04 Å². The van der Waals surface area contributed by atoms with Crippen LogP contribution >= 0.6 is 0 Å². The van der Waals surface area contributed by atoms with Gasteiger partial charge >= 0.3 is 8.80 Å². The molecule has 1 aliphatic heterocycles. The molecule has 0 spiro atoms. The molecular weight excluding hydrogens is 191 g/mol. The van der Waals surface area contributed by atoms with Crippen molar-refractivity contribution < 1.29 is 18.4 Å². The van der Waals surface area contributed by atoms with Gasteiger partial charge in [-0.3, -0.25) is 0 Å². The second-order valence-corrected chi connectivity index (χ2v) is 5.82. The van der Waals surface area contributed by atoms with Gasteiger partial charge in [-0.05, 0) is 19.3 Å².